The molecule has 1 amide bonds. The number of nitrogens with one attached hydrogen (secondary N) is 1. The molecule has 3 heteroatoms. The van der Waals surface area contributed by atoms with Crippen molar-refractivity contribution in [1.82, 2.24) is 0 Å². The third-order valence-electron chi connectivity index (χ3n) is 2.23. The fourth-order valence-corrected chi connectivity index (χ4v) is 2.02. The maximum atomic E-state index is 11.5. The highest BCUT2D eigenvalue weighted by atomic mass is 32.2. The minimum atomic E-state index is 0.0858. The molecule has 0 aliphatic carbocycles. The molecule has 1 rings (SSSR count). The van der Waals surface area contributed by atoms with E-state index in [1.807, 2.05) is 12.1 Å². The second-order valence-electron chi connectivity index (χ2n) is 3.65. The van der Waals surface area contributed by atoms with E-state index < -0.39 is 0 Å². The molecule has 0 aliphatic heterocycles. The van der Waals surface area contributed by atoms with E-state index >= 15 is 0 Å². The summed E-state index contributed by atoms with van der Waals surface area (Å²) in [5, 5.41) is 2.89. The average Bonchev–Trinajstić information content (AvgIpc) is 2.30. The first kappa shape index (κ1) is 13.1. The second-order valence-corrected chi connectivity index (χ2v) is 4.76. The van der Waals surface area contributed by atoms with Gasteiger partial charge in [-0.2, -0.15) is 11.8 Å². The zero-order chi connectivity index (χ0) is 11.8. The molecule has 0 radical (unpaired) electrons. The van der Waals surface area contributed by atoms with Crippen molar-refractivity contribution in [3.05, 3.63) is 29.8 Å². The van der Waals surface area contributed by atoms with Gasteiger partial charge < -0.3 is 5.32 Å². The van der Waals surface area contributed by atoms with Crippen molar-refractivity contribution in [2.45, 2.75) is 26.7 Å². The van der Waals surface area contributed by atoms with Crippen LogP contribution in [0.4, 0.5) is 5.69 Å². The Balaban J connectivity index is 2.37. The van der Waals surface area contributed by atoms with Crippen molar-refractivity contribution < 1.29 is 4.79 Å². The molecule has 2 nitrogen and oxygen atoms in total. The minimum Gasteiger partial charge on any atom is -0.325 e. The van der Waals surface area contributed by atoms with Crippen molar-refractivity contribution in [3.63, 3.8) is 0 Å². The normalized spacial score (nSPS) is 10.1. The van der Waals surface area contributed by atoms with Crippen molar-refractivity contribution in [2.75, 3.05) is 16.8 Å². The highest BCUT2D eigenvalue weighted by Crippen LogP contribution is 2.11. The van der Waals surface area contributed by atoms with E-state index in [-0.39, 0.29) is 5.91 Å². The highest BCUT2D eigenvalue weighted by Gasteiger charge is 2.01. The Morgan fingerprint density at radius 1 is 1.25 bits per heavy atom. The molecular weight excluding hydrogens is 218 g/mol. The summed E-state index contributed by atoms with van der Waals surface area (Å²) in [7, 11) is 0. The first-order chi connectivity index (χ1) is 7.76. The van der Waals surface area contributed by atoms with Gasteiger partial charge in [0.15, 0.2) is 0 Å². The first-order valence-electron chi connectivity index (χ1n) is 5.72. The third kappa shape index (κ3) is 4.71. The summed E-state index contributed by atoms with van der Waals surface area (Å²) in [5.74, 6) is 1.67. The monoisotopic (exact) mass is 237 g/mol. The number of hydrogen-bond donors (Lipinski definition) is 1. The highest BCUT2D eigenvalue weighted by molar-refractivity contribution is 7.99. The molecule has 0 spiro atoms. The van der Waals surface area contributed by atoms with Crippen LogP contribution >= 0.6 is 11.8 Å². The van der Waals surface area contributed by atoms with Crippen LogP contribution in [0.3, 0.4) is 0 Å². The zero-order valence-electron chi connectivity index (χ0n) is 9.95. The van der Waals surface area contributed by atoms with Crippen LogP contribution in [0.5, 0.6) is 0 Å². The zero-order valence-corrected chi connectivity index (χ0v) is 10.8. The number of rotatable bonds is 6. The summed E-state index contributed by atoms with van der Waals surface area (Å²) in [5.41, 5.74) is 2.18. The van der Waals surface area contributed by atoms with Crippen LogP contribution in [0.1, 0.15) is 25.8 Å². The topological polar surface area (TPSA) is 29.1 Å². The number of benzene rings is 1. The molecule has 0 bridgehead atoms. The summed E-state index contributed by atoms with van der Waals surface area (Å²) in [6, 6.07) is 8.02. The summed E-state index contributed by atoms with van der Waals surface area (Å²) >= 11 is 1.68. The SMILES string of the molecule is CCCSCC(=O)Nc1ccc(CC)cc1. The van der Waals surface area contributed by atoms with E-state index in [4.69, 9.17) is 0 Å². The van der Waals surface area contributed by atoms with Crippen LogP contribution < -0.4 is 5.32 Å². The Morgan fingerprint density at radius 2 is 1.94 bits per heavy atom. The van der Waals surface area contributed by atoms with Gasteiger partial charge in [-0.25, -0.2) is 0 Å². The van der Waals surface area contributed by atoms with Crippen molar-refractivity contribution >= 4 is 23.4 Å². The molecule has 1 aromatic carbocycles. The largest absolute Gasteiger partial charge is 0.325 e. The van der Waals surface area contributed by atoms with Gasteiger partial charge in [0, 0.05) is 5.69 Å². The number of aryl methyl sites for hydroxylation is 1. The van der Waals surface area contributed by atoms with Gasteiger partial charge in [-0.15, -0.1) is 0 Å². The predicted molar refractivity (Wildman–Crippen MR) is 72.1 cm³/mol. The van der Waals surface area contributed by atoms with E-state index in [0.29, 0.717) is 5.75 Å². The Morgan fingerprint density at radius 3 is 2.50 bits per heavy atom. The summed E-state index contributed by atoms with van der Waals surface area (Å²) in [6.07, 6.45) is 2.14. The molecule has 0 saturated heterocycles. The van der Waals surface area contributed by atoms with Gasteiger partial charge in [-0.1, -0.05) is 26.0 Å². The molecule has 0 fully saturated rings. The molecule has 16 heavy (non-hydrogen) atoms. The Kier molecular flexibility index (Phi) is 6.01. The third-order valence-corrected chi connectivity index (χ3v) is 3.39. The molecule has 0 unspecified atom stereocenters. The molecular formula is C13H19NOS. The predicted octanol–water partition coefficient (Wildman–Crippen LogP) is 3.33. The molecule has 0 saturated carbocycles. The summed E-state index contributed by atoms with van der Waals surface area (Å²) in [6.45, 7) is 4.24. The average molecular weight is 237 g/mol. The number of carbonyl (C=O) groups excluding carboxylic acids is 1. The van der Waals surface area contributed by atoms with Gasteiger partial charge in [0.25, 0.3) is 0 Å². The van der Waals surface area contributed by atoms with E-state index in [0.717, 1.165) is 24.3 Å². The van der Waals surface area contributed by atoms with Crippen LogP contribution in [0, 0.1) is 0 Å². The molecule has 0 aromatic heterocycles. The lowest BCUT2D eigenvalue weighted by Crippen LogP contribution is -2.14. The quantitative estimate of drug-likeness (QED) is 0.769. The van der Waals surface area contributed by atoms with Crippen LogP contribution in [-0.4, -0.2) is 17.4 Å². The number of hydrogen-bond acceptors (Lipinski definition) is 2. The van der Waals surface area contributed by atoms with Crippen LogP contribution in [0.2, 0.25) is 0 Å². The smallest absolute Gasteiger partial charge is 0.234 e. The fraction of sp³-hybridized carbons (Fsp3) is 0.462. The van der Waals surface area contributed by atoms with E-state index in [1.165, 1.54) is 5.56 Å². The molecule has 1 N–H and O–H groups in total. The number of carbonyl (C=O) groups is 1. The fourth-order valence-electron chi connectivity index (χ4n) is 1.33. The first-order valence-corrected chi connectivity index (χ1v) is 6.88. The van der Waals surface area contributed by atoms with Gasteiger partial charge in [0.1, 0.15) is 0 Å². The Hall–Kier alpha value is -0.960. The van der Waals surface area contributed by atoms with E-state index in [1.54, 1.807) is 11.8 Å². The second kappa shape index (κ2) is 7.34. The molecule has 0 heterocycles. The van der Waals surface area contributed by atoms with Crippen LogP contribution in [-0.2, 0) is 11.2 Å². The summed E-state index contributed by atoms with van der Waals surface area (Å²) < 4.78 is 0. The number of thioether (sulfide) groups is 1. The van der Waals surface area contributed by atoms with E-state index in [9.17, 15) is 4.79 Å². The van der Waals surface area contributed by atoms with Crippen molar-refractivity contribution in [1.29, 1.82) is 0 Å². The van der Waals surface area contributed by atoms with Gasteiger partial charge >= 0.3 is 0 Å². The van der Waals surface area contributed by atoms with Gasteiger partial charge in [0.2, 0.25) is 5.91 Å². The van der Waals surface area contributed by atoms with E-state index in [2.05, 4.69) is 31.3 Å². The van der Waals surface area contributed by atoms with Gasteiger partial charge in [-0.3, -0.25) is 4.79 Å². The van der Waals surface area contributed by atoms with Crippen molar-refractivity contribution in [2.24, 2.45) is 0 Å². The molecule has 0 atom stereocenters. The molecule has 88 valence electrons. The number of anilines is 1. The van der Waals surface area contributed by atoms with Crippen LogP contribution in [0.25, 0.3) is 0 Å². The lowest BCUT2D eigenvalue weighted by molar-refractivity contribution is -0.113. The van der Waals surface area contributed by atoms with Crippen molar-refractivity contribution in [3.8, 4) is 0 Å². The standard InChI is InChI=1S/C13H19NOS/c1-3-9-16-10-13(15)14-12-7-5-11(4-2)6-8-12/h5-8H,3-4,9-10H2,1-2H3,(H,14,15). The molecule has 0 aliphatic rings. The lowest BCUT2D eigenvalue weighted by Gasteiger charge is -2.05. The summed E-state index contributed by atoms with van der Waals surface area (Å²) in [4.78, 5) is 11.5. The number of amides is 1. The van der Waals surface area contributed by atoms with Gasteiger partial charge in [-0.05, 0) is 36.3 Å². The maximum absolute atomic E-state index is 11.5. The maximum Gasteiger partial charge on any atom is 0.234 e. The Labute approximate surface area is 102 Å². The van der Waals surface area contributed by atoms with Crippen LogP contribution in [0.15, 0.2) is 24.3 Å². The minimum absolute atomic E-state index is 0.0858. The lowest BCUT2D eigenvalue weighted by atomic mass is 10.1. The molecule has 1 aromatic rings. The van der Waals surface area contributed by atoms with Gasteiger partial charge in [0.05, 0.1) is 5.75 Å². The Bertz CT molecular complexity index is 321.